The molecule has 19 heavy (non-hydrogen) atoms. The molecule has 0 aliphatic rings. The summed E-state index contributed by atoms with van der Waals surface area (Å²) >= 11 is 1.65. The zero-order valence-corrected chi connectivity index (χ0v) is 12.6. The van der Waals surface area contributed by atoms with Crippen LogP contribution in [0.5, 0.6) is 0 Å². The molecule has 0 aliphatic carbocycles. The van der Waals surface area contributed by atoms with Crippen molar-refractivity contribution in [3.63, 3.8) is 0 Å². The van der Waals surface area contributed by atoms with Gasteiger partial charge in [-0.2, -0.15) is 0 Å². The van der Waals surface area contributed by atoms with Crippen LogP contribution in [0.2, 0.25) is 0 Å². The van der Waals surface area contributed by atoms with Crippen LogP contribution in [0.25, 0.3) is 0 Å². The number of thiophene rings is 1. The van der Waals surface area contributed by atoms with Crippen molar-refractivity contribution in [2.75, 3.05) is 19.7 Å². The fourth-order valence-electron chi connectivity index (χ4n) is 1.72. The van der Waals surface area contributed by atoms with Gasteiger partial charge in [-0.15, -0.1) is 11.3 Å². The Hall–Kier alpha value is -0.460. The first-order valence-electron chi connectivity index (χ1n) is 6.81. The SMILES string of the molecule is CCC(O)(CC)CNCC(O)COCc1cccs1. The molecule has 1 aromatic heterocycles. The lowest BCUT2D eigenvalue weighted by molar-refractivity contribution is 0.0133. The number of rotatable bonds is 10. The third-order valence-electron chi connectivity index (χ3n) is 3.28. The minimum Gasteiger partial charge on any atom is -0.389 e. The summed E-state index contributed by atoms with van der Waals surface area (Å²) in [7, 11) is 0. The van der Waals surface area contributed by atoms with E-state index in [1.807, 2.05) is 31.4 Å². The van der Waals surface area contributed by atoms with Gasteiger partial charge in [-0.3, -0.25) is 0 Å². The summed E-state index contributed by atoms with van der Waals surface area (Å²) in [5, 5.41) is 24.9. The first kappa shape index (κ1) is 16.6. The Balaban J connectivity index is 2.09. The average molecular weight is 287 g/mol. The summed E-state index contributed by atoms with van der Waals surface area (Å²) in [6, 6.07) is 4.00. The molecule has 4 nitrogen and oxygen atoms in total. The molecule has 0 saturated heterocycles. The maximum Gasteiger partial charge on any atom is 0.0897 e. The molecular formula is C14H25NO3S. The molecule has 0 bridgehead atoms. The minimum atomic E-state index is -0.669. The molecular weight excluding hydrogens is 262 g/mol. The van der Waals surface area contributed by atoms with Crippen molar-refractivity contribution < 1.29 is 14.9 Å². The lowest BCUT2D eigenvalue weighted by atomic mass is 9.97. The fraction of sp³-hybridized carbons (Fsp3) is 0.714. The molecule has 0 spiro atoms. The molecule has 3 N–H and O–H groups in total. The number of hydrogen-bond acceptors (Lipinski definition) is 5. The molecule has 0 amide bonds. The molecule has 1 unspecified atom stereocenters. The summed E-state index contributed by atoms with van der Waals surface area (Å²) in [5.41, 5.74) is -0.669. The van der Waals surface area contributed by atoms with E-state index >= 15 is 0 Å². The standard InChI is InChI=1S/C14H25NO3S/c1-3-14(17,4-2)11-15-8-12(16)9-18-10-13-6-5-7-19-13/h5-7,12,15-17H,3-4,8-11H2,1-2H3. The highest BCUT2D eigenvalue weighted by molar-refractivity contribution is 7.09. The minimum absolute atomic E-state index is 0.307. The van der Waals surface area contributed by atoms with Gasteiger partial charge in [0.2, 0.25) is 0 Å². The highest BCUT2D eigenvalue weighted by Gasteiger charge is 2.21. The van der Waals surface area contributed by atoms with E-state index in [-0.39, 0.29) is 0 Å². The van der Waals surface area contributed by atoms with Gasteiger partial charge in [0.1, 0.15) is 0 Å². The van der Waals surface area contributed by atoms with Crippen LogP contribution in [0.1, 0.15) is 31.6 Å². The van der Waals surface area contributed by atoms with Crippen molar-refractivity contribution in [3.05, 3.63) is 22.4 Å². The second-order valence-corrected chi connectivity index (χ2v) is 5.84. The van der Waals surface area contributed by atoms with E-state index in [9.17, 15) is 10.2 Å². The summed E-state index contributed by atoms with van der Waals surface area (Å²) in [5.74, 6) is 0. The quantitative estimate of drug-likeness (QED) is 0.614. The predicted octanol–water partition coefficient (Wildman–Crippen LogP) is 1.77. The third-order valence-corrected chi connectivity index (χ3v) is 4.13. The smallest absolute Gasteiger partial charge is 0.0897 e. The van der Waals surface area contributed by atoms with Crippen LogP contribution in [-0.2, 0) is 11.3 Å². The monoisotopic (exact) mass is 287 g/mol. The molecule has 0 aromatic carbocycles. The highest BCUT2D eigenvalue weighted by atomic mass is 32.1. The van der Waals surface area contributed by atoms with Crippen molar-refractivity contribution in [2.45, 2.75) is 45.0 Å². The lowest BCUT2D eigenvalue weighted by Crippen LogP contribution is -2.42. The molecule has 0 aliphatic heterocycles. The summed E-state index contributed by atoms with van der Waals surface area (Å²) in [6.45, 7) is 5.72. The zero-order chi connectivity index (χ0) is 14.1. The zero-order valence-electron chi connectivity index (χ0n) is 11.8. The first-order valence-corrected chi connectivity index (χ1v) is 7.69. The highest BCUT2D eigenvalue weighted by Crippen LogP contribution is 2.12. The van der Waals surface area contributed by atoms with E-state index in [1.165, 1.54) is 0 Å². The van der Waals surface area contributed by atoms with E-state index in [4.69, 9.17) is 4.74 Å². The Bertz CT molecular complexity index is 325. The van der Waals surface area contributed by atoms with Crippen molar-refractivity contribution in [2.24, 2.45) is 0 Å². The maximum absolute atomic E-state index is 10.1. The molecule has 0 saturated carbocycles. The Morgan fingerprint density at radius 2 is 2.16 bits per heavy atom. The van der Waals surface area contributed by atoms with Crippen LogP contribution in [0.4, 0.5) is 0 Å². The van der Waals surface area contributed by atoms with E-state index in [2.05, 4.69) is 5.32 Å². The van der Waals surface area contributed by atoms with Crippen LogP contribution in [0.15, 0.2) is 17.5 Å². The average Bonchev–Trinajstić information content (AvgIpc) is 2.91. The van der Waals surface area contributed by atoms with E-state index < -0.39 is 11.7 Å². The van der Waals surface area contributed by atoms with E-state index in [1.54, 1.807) is 11.3 Å². The summed E-state index contributed by atoms with van der Waals surface area (Å²) < 4.78 is 5.43. The Morgan fingerprint density at radius 3 is 2.74 bits per heavy atom. The van der Waals surface area contributed by atoms with Gasteiger partial charge in [-0.05, 0) is 24.3 Å². The van der Waals surface area contributed by atoms with Gasteiger partial charge in [0, 0.05) is 18.0 Å². The van der Waals surface area contributed by atoms with Crippen molar-refractivity contribution in [1.82, 2.24) is 5.32 Å². The van der Waals surface area contributed by atoms with Gasteiger partial charge in [0.15, 0.2) is 0 Å². The number of aliphatic hydroxyl groups excluding tert-OH is 1. The van der Waals surface area contributed by atoms with E-state index in [0.717, 1.165) is 4.88 Å². The first-order chi connectivity index (χ1) is 9.09. The molecule has 1 rings (SSSR count). The van der Waals surface area contributed by atoms with Crippen LogP contribution in [0, 0.1) is 0 Å². The lowest BCUT2D eigenvalue weighted by Gasteiger charge is -2.26. The third kappa shape index (κ3) is 6.49. The van der Waals surface area contributed by atoms with Gasteiger partial charge in [-0.25, -0.2) is 0 Å². The number of aliphatic hydroxyl groups is 2. The summed E-state index contributed by atoms with van der Waals surface area (Å²) in [4.78, 5) is 1.16. The Kier molecular flexibility index (Phi) is 7.56. The van der Waals surface area contributed by atoms with Crippen LogP contribution >= 0.6 is 11.3 Å². The van der Waals surface area contributed by atoms with Crippen LogP contribution < -0.4 is 5.32 Å². The number of nitrogens with one attached hydrogen (secondary N) is 1. The van der Waals surface area contributed by atoms with Gasteiger partial charge in [0.05, 0.1) is 24.9 Å². The molecule has 5 heteroatoms. The normalized spacial score (nSPS) is 13.7. The van der Waals surface area contributed by atoms with E-state index in [0.29, 0.717) is 39.1 Å². The fourth-order valence-corrected chi connectivity index (χ4v) is 2.36. The molecule has 110 valence electrons. The van der Waals surface area contributed by atoms with Gasteiger partial charge in [0.25, 0.3) is 0 Å². The number of hydrogen-bond donors (Lipinski definition) is 3. The Morgan fingerprint density at radius 1 is 1.42 bits per heavy atom. The molecule has 1 aromatic rings. The second kappa shape index (κ2) is 8.66. The molecule has 1 atom stereocenters. The predicted molar refractivity (Wildman–Crippen MR) is 78.4 cm³/mol. The molecule has 1 heterocycles. The molecule has 0 fully saturated rings. The van der Waals surface area contributed by atoms with Gasteiger partial charge in [-0.1, -0.05) is 19.9 Å². The number of ether oxygens (including phenoxy) is 1. The van der Waals surface area contributed by atoms with Crippen LogP contribution in [0.3, 0.4) is 0 Å². The molecule has 0 radical (unpaired) electrons. The van der Waals surface area contributed by atoms with Crippen molar-refractivity contribution >= 4 is 11.3 Å². The topological polar surface area (TPSA) is 61.7 Å². The Labute approximate surface area is 119 Å². The van der Waals surface area contributed by atoms with Gasteiger partial charge >= 0.3 is 0 Å². The second-order valence-electron chi connectivity index (χ2n) is 4.81. The van der Waals surface area contributed by atoms with Crippen molar-refractivity contribution in [3.8, 4) is 0 Å². The summed E-state index contributed by atoms with van der Waals surface area (Å²) in [6.07, 6.45) is 0.876. The van der Waals surface area contributed by atoms with Crippen LogP contribution in [-0.4, -0.2) is 41.6 Å². The largest absolute Gasteiger partial charge is 0.389 e. The van der Waals surface area contributed by atoms with Gasteiger partial charge < -0.3 is 20.3 Å². The maximum atomic E-state index is 10.1. The van der Waals surface area contributed by atoms with Crippen molar-refractivity contribution in [1.29, 1.82) is 0 Å².